The summed E-state index contributed by atoms with van der Waals surface area (Å²) in [5.74, 6) is 0.600. The summed E-state index contributed by atoms with van der Waals surface area (Å²) in [6.45, 7) is 3.08. The highest BCUT2D eigenvalue weighted by Gasteiger charge is 2.62. The fourth-order valence-electron chi connectivity index (χ4n) is 4.88. The van der Waals surface area contributed by atoms with Crippen LogP contribution in [0.5, 0.6) is 0 Å². The van der Waals surface area contributed by atoms with Crippen molar-refractivity contribution in [1.82, 2.24) is 13.9 Å². The van der Waals surface area contributed by atoms with Gasteiger partial charge in [-0.1, -0.05) is 29.8 Å². The van der Waals surface area contributed by atoms with Crippen molar-refractivity contribution in [3.8, 4) is 0 Å². The summed E-state index contributed by atoms with van der Waals surface area (Å²) in [4.78, 5) is 2.40. The number of rotatable bonds is 6. The van der Waals surface area contributed by atoms with Crippen LogP contribution in [0.25, 0.3) is 0 Å². The molecule has 144 valence electrons. The van der Waals surface area contributed by atoms with Crippen molar-refractivity contribution in [2.75, 3.05) is 33.7 Å². The van der Waals surface area contributed by atoms with E-state index in [4.69, 9.17) is 16.3 Å². The van der Waals surface area contributed by atoms with E-state index >= 15 is 0 Å². The molecule has 1 aromatic rings. The summed E-state index contributed by atoms with van der Waals surface area (Å²) < 4.78 is 34.5. The molecule has 6 nitrogen and oxygen atoms in total. The lowest BCUT2D eigenvalue weighted by molar-refractivity contribution is 0.00219. The lowest BCUT2D eigenvalue weighted by atomic mass is 9.74. The maximum absolute atomic E-state index is 12.1. The third kappa shape index (κ3) is 3.19. The Bertz CT molecular complexity index is 788. The van der Waals surface area contributed by atoms with E-state index in [9.17, 15) is 8.42 Å². The number of nitrogens with zero attached hydrogens (tertiary/aromatic N) is 2. The Morgan fingerprint density at radius 1 is 1.38 bits per heavy atom. The molecule has 1 aromatic carbocycles. The van der Waals surface area contributed by atoms with Crippen LogP contribution < -0.4 is 4.72 Å². The van der Waals surface area contributed by atoms with Crippen LogP contribution in [0, 0.1) is 11.8 Å². The molecule has 3 heterocycles. The van der Waals surface area contributed by atoms with Gasteiger partial charge in [-0.25, -0.2) is 4.72 Å². The van der Waals surface area contributed by atoms with Crippen LogP contribution >= 0.6 is 11.6 Å². The minimum absolute atomic E-state index is 0.111. The molecule has 1 N–H and O–H groups in total. The van der Waals surface area contributed by atoms with E-state index in [1.54, 1.807) is 14.1 Å². The second-order valence-corrected chi connectivity index (χ2v) is 10.3. The third-order valence-corrected chi connectivity index (χ3v) is 8.05. The summed E-state index contributed by atoms with van der Waals surface area (Å²) in [7, 11) is -0.317. The number of halogens is 1. The highest BCUT2D eigenvalue weighted by molar-refractivity contribution is 7.87. The number of likely N-dealkylation sites (tertiary alicyclic amines) is 1. The van der Waals surface area contributed by atoms with Crippen LogP contribution in [0.2, 0.25) is 5.02 Å². The molecule has 0 saturated carbocycles. The van der Waals surface area contributed by atoms with Crippen molar-refractivity contribution >= 4 is 21.8 Å². The van der Waals surface area contributed by atoms with Crippen molar-refractivity contribution < 1.29 is 13.2 Å². The van der Waals surface area contributed by atoms with Gasteiger partial charge in [0, 0.05) is 57.1 Å². The molecule has 0 unspecified atom stereocenters. The molecule has 4 rings (SSSR count). The molecule has 3 aliphatic heterocycles. The summed E-state index contributed by atoms with van der Waals surface area (Å²) in [5.41, 5.74) is 1.02. The van der Waals surface area contributed by atoms with Gasteiger partial charge in [0.05, 0.1) is 11.7 Å². The van der Waals surface area contributed by atoms with E-state index in [1.807, 2.05) is 18.2 Å². The van der Waals surface area contributed by atoms with Crippen molar-refractivity contribution in [3.05, 3.63) is 34.9 Å². The van der Waals surface area contributed by atoms with Gasteiger partial charge in [-0.15, -0.1) is 0 Å². The first kappa shape index (κ1) is 18.7. The number of fused-ring (bicyclic) bond motifs is 1. The SMILES string of the molecule is CN(C)S(=O)(=O)NC[C@H]1[C@H]2CN(Cc3ccccc3Cl)C[C@]23CC[C@H]1O3. The predicted octanol–water partition coefficient (Wildman–Crippen LogP) is 1.72. The second kappa shape index (κ2) is 6.72. The largest absolute Gasteiger partial charge is 0.370 e. The maximum Gasteiger partial charge on any atom is 0.278 e. The van der Waals surface area contributed by atoms with Crippen molar-refractivity contribution in [2.24, 2.45) is 11.8 Å². The van der Waals surface area contributed by atoms with Crippen molar-refractivity contribution in [3.63, 3.8) is 0 Å². The van der Waals surface area contributed by atoms with Gasteiger partial charge < -0.3 is 4.74 Å². The van der Waals surface area contributed by atoms with E-state index in [2.05, 4.69) is 15.7 Å². The Hall–Kier alpha value is -0.700. The topological polar surface area (TPSA) is 61.9 Å². The Morgan fingerprint density at radius 3 is 2.88 bits per heavy atom. The van der Waals surface area contributed by atoms with Gasteiger partial charge in [0.25, 0.3) is 10.2 Å². The monoisotopic (exact) mass is 399 g/mol. The normalized spacial score (nSPS) is 33.9. The highest BCUT2D eigenvalue weighted by atomic mass is 35.5. The van der Waals surface area contributed by atoms with Crippen LogP contribution in [-0.4, -0.2) is 63.1 Å². The third-order valence-electron chi connectivity index (χ3n) is 6.19. The molecule has 4 atom stereocenters. The lowest BCUT2D eigenvalue weighted by Gasteiger charge is -2.29. The van der Waals surface area contributed by atoms with E-state index in [1.165, 1.54) is 4.31 Å². The number of ether oxygens (including phenoxy) is 1. The van der Waals surface area contributed by atoms with E-state index in [0.29, 0.717) is 12.5 Å². The van der Waals surface area contributed by atoms with E-state index < -0.39 is 10.2 Å². The smallest absolute Gasteiger partial charge is 0.278 e. The quantitative estimate of drug-likeness (QED) is 0.791. The molecule has 26 heavy (non-hydrogen) atoms. The van der Waals surface area contributed by atoms with Gasteiger partial charge in [0.15, 0.2) is 0 Å². The van der Waals surface area contributed by atoms with Crippen LogP contribution in [0.15, 0.2) is 24.3 Å². The molecule has 8 heteroatoms. The molecule has 3 aliphatic rings. The summed E-state index contributed by atoms with van der Waals surface area (Å²) in [6.07, 6.45) is 2.26. The fourth-order valence-corrected chi connectivity index (χ4v) is 5.74. The molecule has 2 bridgehead atoms. The maximum atomic E-state index is 12.1. The van der Waals surface area contributed by atoms with E-state index in [0.717, 1.165) is 43.1 Å². The number of nitrogens with one attached hydrogen (secondary N) is 1. The summed E-state index contributed by atoms with van der Waals surface area (Å²) >= 11 is 6.32. The molecule has 0 aromatic heterocycles. The van der Waals surface area contributed by atoms with E-state index in [-0.39, 0.29) is 17.6 Å². The first-order valence-electron chi connectivity index (χ1n) is 9.11. The summed E-state index contributed by atoms with van der Waals surface area (Å²) in [6, 6.07) is 7.94. The first-order chi connectivity index (χ1) is 12.3. The lowest BCUT2D eigenvalue weighted by Crippen LogP contribution is -2.44. The van der Waals surface area contributed by atoms with Gasteiger partial charge in [0.2, 0.25) is 0 Å². The average molecular weight is 400 g/mol. The molecule has 0 aliphatic carbocycles. The first-order valence-corrected chi connectivity index (χ1v) is 10.9. The second-order valence-electron chi connectivity index (χ2n) is 7.93. The van der Waals surface area contributed by atoms with Crippen LogP contribution in [0.4, 0.5) is 0 Å². The zero-order chi connectivity index (χ0) is 18.5. The Labute approximate surface area is 160 Å². The average Bonchev–Trinajstić information content (AvgIpc) is 3.22. The number of hydrogen-bond donors (Lipinski definition) is 1. The molecule has 1 spiro atoms. The van der Waals surface area contributed by atoms with Crippen molar-refractivity contribution in [1.29, 1.82) is 0 Å². The number of hydrogen-bond acceptors (Lipinski definition) is 4. The molecular formula is C18H26ClN3O3S. The fraction of sp³-hybridized carbons (Fsp3) is 0.667. The van der Waals surface area contributed by atoms with Gasteiger partial charge in [0.1, 0.15) is 0 Å². The van der Waals surface area contributed by atoms with Gasteiger partial charge in [-0.2, -0.15) is 12.7 Å². The van der Waals surface area contributed by atoms with Crippen molar-refractivity contribution in [2.45, 2.75) is 31.1 Å². The van der Waals surface area contributed by atoms with Crippen LogP contribution in [-0.2, 0) is 21.5 Å². The molecule has 3 fully saturated rings. The van der Waals surface area contributed by atoms with Crippen LogP contribution in [0.3, 0.4) is 0 Å². The molecular weight excluding hydrogens is 374 g/mol. The standard InChI is InChI=1S/C18H26ClN3O3S/c1-21(2)26(23,24)20-9-14-15-11-22(10-13-5-3-4-6-16(13)19)12-18(15)8-7-17(14)25-18/h3-6,14-15,17,20H,7-12H2,1-2H3/t14-,15+,17+,18+/m0/s1. The Kier molecular flexibility index (Phi) is 4.82. The number of benzene rings is 1. The van der Waals surface area contributed by atoms with Crippen LogP contribution in [0.1, 0.15) is 18.4 Å². The highest BCUT2D eigenvalue weighted by Crippen LogP contribution is 2.54. The Balaban J connectivity index is 1.46. The predicted molar refractivity (Wildman–Crippen MR) is 101 cm³/mol. The molecule has 3 saturated heterocycles. The van der Waals surface area contributed by atoms with Gasteiger partial charge in [-0.3, -0.25) is 4.90 Å². The molecule has 0 amide bonds. The van der Waals surface area contributed by atoms with Gasteiger partial charge in [-0.05, 0) is 24.5 Å². The molecule has 0 radical (unpaired) electrons. The summed E-state index contributed by atoms with van der Waals surface area (Å²) in [5, 5.41) is 0.794. The minimum atomic E-state index is -3.40. The zero-order valence-electron chi connectivity index (χ0n) is 15.2. The zero-order valence-corrected chi connectivity index (χ0v) is 16.8. The van der Waals surface area contributed by atoms with Gasteiger partial charge >= 0.3 is 0 Å². The minimum Gasteiger partial charge on any atom is -0.370 e. The Morgan fingerprint density at radius 2 is 2.15 bits per heavy atom.